The molecule has 2 heterocycles. The molecule has 0 amide bonds. The summed E-state index contributed by atoms with van der Waals surface area (Å²) in [4.78, 5) is 4.26. The Labute approximate surface area is 110 Å². The molecular weight excluding hydrogens is 266 g/mol. The lowest BCUT2D eigenvalue weighted by Crippen LogP contribution is -2.34. The second kappa shape index (κ2) is 4.41. The van der Waals surface area contributed by atoms with Crippen LogP contribution in [0.4, 0.5) is 11.7 Å². The van der Waals surface area contributed by atoms with Gasteiger partial charge in [0.05, 0.1) is 11.5 Å². The van der Waals surface area contributed by atoms with Crippen LogP contribution in [0.2, 0.25) is 0 Å². The molecule has 7 heteroatoms. The second-order valence-electron chi connectivity index (χ2n) is 4.84. The van der Waals surface area contributed by atoms with E-state index in [4.69, 9.17) is 10.2 Å². The molecule has 2 aromatic rings. The number of nitrogens with one attached hydrogen (secondary N) is 1. The third-order valence-electron chi connectivity index (χ3n) is 3.20. The molecular formula is C12H15N3O3S. The molecule has 0 radical (unpaired) electrons. The topological polar surface area (TPSA) is 98.2 Å². The number of anilines is 2. The summed E-state index contributed by atoms with van der Waals surface area (Å²) in [6.07, 6.45) is 1.48. The van der Waals surface area contributed by atoms with Crippen molar-refractivity contribution >= 4 is 32.6 Å². The van der Waals surface area contributed by atoms with Crippen molar-refractivity contribution in [3.63, 3.8) is 0 Å². The van der Waals surface area contributed by atoms with Crippen molar-refractivity contribution in [2.45, 2.75) is 18.9 Å². The van der Waals surface area contributed by atoms with Crippen LogP contribution in [0.5, 0.6) is 0 Å². The lowest BCUT2D eigenvalue weighted by Gasteiger charge is -2.21. The van der Waals surface area contributed by atoms with Gasteiger partial charge in [-0.05, 0) is 31.0 Å². The van der Waals surface area contributed by atoms with Gasteiger partial charge in [-0.15, -0.1) is 0 Å². The zero-order valence-electron chi connectivity index (χ0n) is 10.3. The van der Waals surface area contributed by atoms with E-state index in [9.17, 15) is 8.42 Å². The van der Waals surface area contributed by atoms with E-state index in [-0.39, 0.29) is 17.5 Å². The summed E-state index contributed by atoms with van der Waals surface area (Å²) in [6, 6.07) is 5.43. The first-order valence-electron chi connectivity index (χ1n) is 6.15. The van der Waals surface area contributed by atoms with Crippen LogP contribution in [-0.2, 0) is 9.84 Å². The van der Waals surface area contributed by atoms with E-state index in [1.165, 1.54) is 0 Å². The van der Waals surface area contributed by atoms with Gasteiger partial charge in [-0.1, -0.05) is 0 Å². The molecule has 3 N–H and O–H groups in total. The molecule has 1 aliphatic heterocycles. The Hall–Kier alpha value is -1.76. The number of nitrogens with zero attached hydrogens (tertiary/aromatic N) is 1. The summed E-state index contributed by atoms with van der Waals surface area (Å²) in [5.74, 6) is 0.406. The van der Waals surface area contributed by atoms with Gasteiger partial charge >= 0.3 is 0 Å². The SMILES string of the molecule is Nc1ccc2oc(NC3CCCS(=O)(=O)C3)nc2c1. The van der Waals surface area contributed by atoms with Crippen LogP contribution in [0, 0.1) is 0 Å². The van der Waals surface area contributed by atoms with Crippen LogP contribution < -0.4 is 11.1 Å². The van der Waals surface area contributed by atoms with Crippen molar-refractivity contribution in [3.8, 4) is 0 Å². The van der Waals surface area contributed by atoms with Crippen molar-refractivity contribution in [2.24, 2.45) is 0 Å². The Morgan fingerprint density at radius 2 is 2.26 bits per heavy atom. The first kappa shape index (κ1) is 12.3. The smallest absolute Gasteiger partial charge is 0.295 e. The minimum atomic E-state index is -2.94. The van der Waals surface area contributed by atoms with Crippen molar-refractivity contribution in [1.29, 1.82) is 0 Å². The monoisotopic (exact) mass is 281 g/mol. The van der Waals surface area contributed by atoms with Gasteiger partial charge in [0.15, 0.2) is 15.4 Å². The summed E-state index contributed by atoms with van der Waals surface area (Å²) < 4.78 is 28.6. The van der Waals surface area contributed by atoms with Gasteiger partial charge in [0, 0.05) is 11.7 Å². The van der Waals surface area contributed by atoms with Crippen LogP contribution in [0.3, 0.4) is 0 Å². The van der Waals surface area contributed by atoms with Crippen LogP contribution in [0.15, 0.2) is 22.6 Å². The first-order valence-corrected chi connectivity index (χ1v) is 7.97. The van der Waals surface area contributed by atoms with Crippen molar-refractivity contribution in [1.82, 2.24) is 4.98 Å². The molecule has 0 aliphatic carbocycles. The average Bonchev–Trinajstić information content (AvgIpc) is 2.68. The molecule has 0 spiro atoms. The number of benzene rings is 1. The van der Waals surface area contributed by atoms with E-state index >= 15 is 0 Å². The number of hydrogen-bond acceptors (Lipinski definition) is 6. The van der Waals surface area contributed by atoms with Crippen molar-refractivity contribution in [3.05, 3.63) is 18.2 Å². The minimum absolute atomic E-state index is 0.133. The fourth-order valence-electron chi connectivity index (χ4n) is 2.32. The Morgan fingerprint density at radius 3 is 3.05 bits per heavy atom. The Bertz CT molecular complexity index is 708. The summed E-state index contributed by atoms with van der Waals surface area (Å²) in [5.41, 5.74) is 7.59. The fraction of sp³-hybridized carbons (Fsp3) is 0.417. The molecule has 19 heavy (non-hydrogen) atoms. The van der Waals surface area contributed by atoms with Gasteiger partial charge in [0.25, 0.3) is 6.01 Å². The van der Waals surface area contributed by atoms with E-state index in [1.807, 2.05) is 0 Å². The molecule has 1 saturated heterocycles. The van der Waals surface area contributed by atoms with E-state index in [1.54, 1.807) is 18.2 Å². The third kappa shape index (κ3) is 2.65. The maximum absolute atomic E-state index is 11.6. The standard InChI is InChI=1S/C12H15N3O3S/c13-8-3-4-11-10(6-8)15-12(18-11)14-9-2-1-5-19(16,17)7-9/h3-4,6,9H,1-2,5,7,13H2,(H,14,15). The van der Waals surface area contributed by atoms with Crippen LogP contribution in [0.1, 0.15) is 12.8 Å². The second-order valence-corrected chi connectivity index (χ2v) is 7.07. The van der Waals surface area contributed by atoms with Gasteiger partial charge in [0.2, 0.25) is 0 Å². The van der Waals surface area contributed by atoms with Gasteiger partial charge in [-0.3, -0.25) is 0 Å². The molecule has 1 aromatic carbocycles. The van der Waals surface area contributed by atoms with E-state index < -0.39 is 9.84 Å². The minimum Gasteiger partial charge on any atom is -0.424 e. The molecule has 1 aliphatic rings. The van der Waals surface area contributed by atoms with Crippen LogP contribution in [-0.4, -0.2) is 30.9 Å². The highest BCUT2D eigenvalue weighted by molar-refractivity contribution is 7.91. The molecule has 1 atom stereocenters. The summed E-state index contributed by atoms with van der Waals surface area (Å²) in [6.45, 7) is 0. The predicted molar refractivity (Wildman–Crippen MR) is 73.7 cm³/mol. The van der Waals surface area contributed by atoms with Crippen molar-refractivity contribution in [2.75, 3.05) is 22.6 Å². The molecule has 0 saturated carbocycles. The number of rotatable bonds is 2. The van der Waals surface area contributed by atoms with E-state index in [0.717, 1.165) is 6.42 Å². The number of nitrogens with two attached hydrogens (primary N) is 1. The highest BCUT2D eigenvalue weighted by Crippen LogP contribution is 2.23. The van der Waals surface area contributed by atoms with Crippen molar-refractivity contribution < 1.29 is 12.8 Å². The van der Waals surface area contributed by atoms with Gasteiger partial charge in [0.1, 0.15) is 5.52 Å². The number of sulfone groups is 1. The van der Waals surface area contributed by atoms with Gasteiger partial charge < -0.3 is 15.5 Å². The van der Waals surface area contributed by atoms with E-state index in [0.29, 0.717) is 29.2 Å². The third-order valence-corrected chi connectivity index (χ3v) is 5.02. The number of hydrogen-bond donors (Lipinski definition) is 2. The lowest BCUT2D eigenvalue weighted by atomic mass is 10.2. The molecule has 1 unspecified atom stereocenters. The van der Waals surface area contributed by atoms with E-state index in [2.05, 4.69) is 10.3 Å². The number of aromatic nitrogens is 1. The fourth-order valence-corrected chi connectivity index (χ4v) is 3.95. The largest absolute Gasteiger partial charge is 0.424 e. The number of oxazole rings is 1. The number of fused-ring (bicyclic) bond motifs is 1. The molecule has 1 aromatic heterocycles. The highest BCUT2D eigenvalue weighted by atomic mass is 32.2. The zero-order valence-corrected chi connectivity index (χ0v) is 11.1. The molecule has 1 fully saturated rings. The Morgan fingerprint density at radius 1 is 1.42 bits per heavy atom. The summed E-state index contributed by atoms with van der Waals surface area (Å²) in [7, 11) is -2.94. The molecule has 6 nitrogen and oxygen atoms in total. The average molecular weight is 281 g/mol. The first-order chi connectivity index (χ1) is 9.02. The summed E-state index contributed by atoms with van der Waals surface area (Å²) in [5, 5.41) is 3.05. The maximum Gasteiger partial charge on any atom is 0.295 e. The Kier molecular flexibility index (Phi) is 2.85. The molecule has 3 rings (SSSR count). The van der Waals surface area contributed by atoms with Gasteiger partial charge in [-0.25, -0.2) is 8.42 Å². The van der Waals surface area contributed by atoms with Crippen LogP contribution in [0.25, 0.3) is 11.1 Å². The zero-order chi connectivity index (χ0) is 13.5. The van der Waals surface area contributed by atoms with Gasteiger partial charge in [-0.2, -0.15) is 4.98 Å². The number of nitrogen functional groups attached to an aromatic ring is 1. The highest BCUT2D eigenvalue weighted by Gasteiger charge is 2.25. The maximum atomic E-state index is 11.6. The molecule has 102 valence electrons. The normalized spacial score (nSPS) is 22.4. The quantitative estimate of drug-likeness (QED) is 0.807. The van der Waals surface area contributed by atoms with Crippen LogP contribution >= 0.6 is 0 Å². The summed E-state index contributed by atoms with van der Waals surface area (Å²) >= 11 is 0. The Balaban J connectivity index is 1.81. The molecule has 0 bridgehead atoms. The predicted octanol–water partition coefficient (Wildman–Crippen LogP) is 1.40. The lowest BCUT2D eigenvalue weighted by molar-refractivity contribution is 0.548.